The van der Waals surface area contributed by atoms with E-state index in [1.165, 1.54) is 37.0 Å². The lowest BCUT2D eigenvalue weighted by Gasteiger charge is -2.07. The predicted octanol–water partition coefficient (Wildman–Crippen LogP) is 2.44. The van der Waals surface area contributed by atoms with Crippen LogP contribution in [0.3, 0.4) is 0 Å². The molecule has 0 aliphatic rings. The molecule has 0 amide bonds. The first-order chi connectivity index (χ1) is 9.94. The number of aromatic carboxylic acids is 1. The third-order valence-electron chi connectivity index (χ3n) is 2.75. The summed E-state index contributed by atoms with van der Waals surface area (Å²) in [7, 11) is -2.11. The number of nitrogens with one attached hydrogen (secondary N) is 1. The quantitative estimate of drug-likeness (QED) is 0.883. The lowest BCUT2D eigenvalue weighted by Crippen LogP contribution is -2.18. The molecule has 0 aromatic heterocycles. The van der Waals surface area contributed by atoms with Crippen LogP contribution in [0.2, 0.25) is 0 Å². The van der Waals surface area contributed by atoms with Gasteiger partial charge in [-0.1, -0.05) is 23.9 Å². The fraction of sp³-hybridized carbons (Fsp3) is 0.0714. The summed E-state index contributed by atoms with van der Waals surface area (Å²) in [4.78, 5) is 12.7. The van der Waals surface area contributed by atoms with Gasteiger partial charge in [-0.2, -0.15) is 0 Å². The molecule has 0 atom stereocenters. The first-order valence-corrected chi connectivity index (χ1v) is 8.28. The Balaban J connectivity index is 2.28. The average molecular weight is 323 g/mol. The maximum Gasteiger partial charge on any atom is 0.336 e. The van der Waals surface area contributed by atoms with Gasteiger partial charge in [-0.3, -0.25) is 0 Å². The number of carboxylic acids is 1. The minimum Gasteiger partial charge on any atom is -0.478 e. The van der Waals surface area contributed by atoms with E-state index in [9.17, 15) is 13.2 Å². The Morgan fingerprint density at radius 3 is 2.29 bits per heavy atom. The van der Waals surface area contributed by atoms with Gasteiger partial charge in [-0.15, -0.1) is 0 Å². The molecule has 110 valence electrons. The van der Waals surface area contributed by atoms with Gasteiger partial charge in [-0.05, 0) is 43.4 Å². The monoisotopic (exact) mass is 323 g/mol. The SMILES string of the molecule is CNS(=O)(=O)c1ccc(Sc2ccccc2C(=O)O)cc1. The van der Waals surface area contributed by atoms with Crippen LogP contribution in [-0.2, 0) is 10.0 Å². The van der Waals surface area contributed by atoms with Crippen molar-refractivity contribution in [3.63, 3.8) is 0 Å². The van der Waals surface area contributed by atoms with Crippen LogP contribution >= 0.6 is 11.8 Å². The van der Waals surface area contributed by atoms with Crippen LogP contribution in [0, 0.1) is 0 Å². The number of carbonyl (C=O) groups is 1. The maximum atomic E-state index is 11.6. The van der Waals surface area contributed by atoms with E-state index >= 15 is 0 Å². The summed E-state index contributed by atoms with van der Waals surface area (Å²) >= 11 is 1.27. The van der Waals surface area contributed by atoms with E-state index in [0.29, 0.717) is 4.90 Å². The van der Waals surface area contributed by atoms with Gasteiger partial charge in [-0.25, -0.2) is 17.9 Å². The number of benzene rings is 2. The number of hydrogen-bond acceptors (Lipinski definition) is 4. The Kier molecular flexibility index (Phi) is 4.66. The Morgan fingerprint density at radius 1 is 1.10 bits per heavy atom. The van der Waals surface area contributed by atoms with Crippen LogP contribution in [-0.4, -0.2) is 26.5 Å². The van der Waals surface area contributed by atoms with Gasteiger partial charge in [0.1, 0.15) is 0 Å². The fourth-order valence-corrected chi connectivity index (χ4v) is 3.33. The van der Waals surface area contributed by atoms with E-state index < -0.39 is 16.0 Å². The summed E-state index contributed by atoms with van der Waals surface area (Å²) in [5, 5.41) is 9.13. The molecule has 0 aliphatic carbocycles. The van der Waals surface area contributed by atoms with Crippen LogP contribution < -0.4 is 4.72 Å². The molecule has 0 aliphatic heterocycles. The maximum absolute atomic E-state index is 11.6. The van der Waals surface area contributed by atoms with E-state index in [1.54, 1.807) is 30.3 Å². The molecule has 2 rings (SSSR count). The van der Waals surface area contributed by atoms with Gasteiger partial charge in [0.25, 0.3) is 0 Å². The van der Waals surface area contributed by atoms with E-state index in [2.05, 4.69) is 4.72 Å². The van der Waals surface area contributed by atoms with Gasteiger partial charge in [0.05, 0.1) is 10.5 Å². The second kappa shape index (κ2) is 6.30. The second-order valence-corrected chi connectivity index (χ2v) is 7.08. The summed E-state index contributed by atoms with van der Waals surface area (Å²) in [6, 6.07) is 12.9. The predicted molar refractivity (Wildman–Crippen MR) is 80.2 cm³/mol. The third kappa shape index (κ3) is 3.63. The Bertz CT molecular complexity index is 755. The highest BCUT2D eigenvalue weighted by atomic mass is 32.2. The lowest BCUT2D eigenvalue weighted by molar-refractivity contribution is 0.0693. The molecule has 0 radical (unpaired) electrons. The van der Waals surface area contributed by atoms with E-state index in [-0.39, 0.29) is 10.5 Å². The first kappa shape index (κ1) is 15.6. The number of carboxylic acid groups (broad SMARTS) is 1. The van der Waals surface area contributed by atoms with Crippen molar-refractivity contribution in [1.82, 2.24) is 4.72 Å². The number of rotatable bonds is 5. The van der Waals surface area contributed by atoms with E-state index in [0.717, 1.165) is 4.90 Å². The van der Waals surface area contributed by atoms with Crippen LogP contribution in [0.5, 0.6) is 0 Å². The zero-order valence-corrected chi connectivity index (χ0v) is 12.7. The molecule has 0 spiro atoms. The molecule has 0 saturated carbocycles. The molecule has 2 aromatic carbocycles. The standard InChI is InChI=1S/C14H13NO4S2/c1-15-21(18,19)11-8-6-10(7-9-11)20-13-5-3-2-4-12(13)14(16)17/h2-9,15H,1H3,(H,16,17). The summed E-state index contributed by atoms with van der Waals surface area (Å²) in [5.74, 6) is -0.993. The van der Waals surface area contributed by atoms with Crippen molar-refractivity contribution in [2.45, 2.75) is 14.7 Å². The van der Waals surface area contributed by atoms with Gasteiger partial charge >= 0.3 is 5.97 Å². The molecular formula is C14H13NO4S2. The Hall–Kier alpha value is -1.83. The zero-order valence-electron chi connectivity index (χ0n) is 11.1. The summed E-state index contributed by atoms with van der Waals surface area (Å²) in [6.45, 7) is 0. The fourth-order valence-electron chi connectivity index (χ4n) is 1.66. The highest BCUT2D eigenvalue weighted by Gasteiger charge is 2.13. The first-order valence-electron chi connectivity index (χ1n) is 5.98. The highest BCUT2D eigenvalue weighted by Crippen LogP contribution is 2.31. The molecule has 5 nitrogen and oxygen atoms in total. The third-order valence-corrected chi connectivity index (χ3v) is 5.26. The van der Waals surface area contributed by atoms with Crippen molar-refractivity contribution in [2.75, 3.05) is 7.05 Å². The summed E-state index contributed by atoms with van der Waals surface area (Å²) < 4.78 is 25.5. The van der Waals surface area contributed by atoms with E-state index in [4.69, 9.17) is 5.11 Å². The molecule has 21 heavy (non-hydrogen) atoms. The number of sulfonamides is 1. The molecule has 7 heteroatoms. The second-order valence-electron chi connectivity index (χ2n) is 4.08. The van der Waals surface area contributed by atoms with Crippen LogP contribution in [0.15, 0.2) is 63.2 Å². The van der Waals surface area contributed by atoms with Crippen molar-refractivity contribution in [3.05, 3.63) is 54.1 Å². The van der Waals surface area contributed by atoms with E-state index in [1.807, 2.05) is 0 Å². The van der Waals surface area contributed by atoms with Crippen LogP contribution in [0.25, 0.3) is 0 Å². The van der Waals surface area contributed by atoms with Crippen molar-refractivity contribution in [2.24, 2.45) is 0 Å². The molecule has 0 unspecified atom stereocenters. The van der Waals surface area contributed by atoms with Gasteiger partial charge in [0.15, 0.2) is 0 Å². The largest absolute Gasteiger partial charge is 0.478 e. The molecule has 2 aromatic rings. The molecule has 2 N–H and O–H groups in total. The lowest BCUT2D eigenvalue weighted by atomic mass is 10.2. The molecule has 0 heterocycles. The van der Waals surface area contributed by atoms with Gasteiger partial charge < -0.3 is 5.11 Å². The van der Waals surface area contributed by atoms with Crippen molar-refractivity contribution >= 4 is 27.8 Å². The molecule has 0 saturated heterocycles. The summed E-state index contributed by atoms with van der Waals surface area (Å²) in [5.41, 5.74) is 0.217. The van der Waals surface area contributed by atoms with Crippen LogP contribution in [0.1, 0.15) is 10.4 Å². The topological polar surface area (TPSA) is 83.5 Å². The molecular weight excluding hydrogens is 310 g/mol. The van der Waals surface area contributed by atoms with Crippen molar-refractivity contribution in [3.8, 4) is 0 Å². The van der Waals surface area contributed by atoms with Crippen LogP contribution in [0.4, 0.5) is 0 Å². The number of hydrogen-bond donors (Lipinski definition) is 2. The van der Waals surface area contributed by atoms with Gasteiger partial charge in [0.2, 0.25) is 10.0 Å². The van der Waals surface area contributed by atoms with Crippen molar-refractivity contribution < 1.29 is 18.3 Å². The Morgan fingerprint density at radius 2 is 1.71 bits per heavy atom. The average Bonchev–Trinajstić information content (AvgIpc) is 2.48. The zero-order chi connectivity index (χ0) is 15.5. The Labute approximate surface area is 127 Å². The minimum absolute atomic E-state index is 0.167. The molecule has 0 fully saturated rings. The van der Waals surface area contributed by atoms with Gasteiger partial charge in [0, 0.05) is 9.79 Å². The normalized spacial score (nSPS) is 11.3. The highest BCUT2D eigenvalue weighted by molar-refractivity contribution is 7.99. The summed E-state index contributed by atoms with van der Waals surface area (Å²) in [6.07, 6.45) is 0. The van der Waals surface area contributed by atoms with Crippen molar-refractivity contribution in [1.29, 1.82) is 0 Å². The smallest absolute Gasteiger partial charge is 0.336 e. The molecule has 0 bridgehead atoms. The minimum atomic E-state index is -3.46.